The lowest BCUT2D eigenvalue weighted by molar-refractivity contribution is -0.290. The highest BCUT2D eigenvalue weighted by Crippen LogP contribution is 2.35. The summed E-state index contributed by atoms with van der Waals surface area (Å²) < 4.78 is 64.8. The standard InChI is InChI=1S/C9H9F5N2OS/c1-5(18)6-2-16-7(3-15-6)17-4-8(10,11)9(12,13)14/h2-3,5,18H,4H2,1H3. The van der Waals surface area contributed by atoms with Gasteiger partial charge in [0, 0.05) is 5.25 Å². The Balaban J connectivity index is 2.64. The van der Waals surface area contributed by atoms with Crippen molar-refractivity contribution in [1.29, 1.82) is 0 Å². The van der Waals surface area contributed by atoms with E-state index in [0.717, 1.165) is 6.20 Å². The molecule has 0 radical (unpaired) electrons. The Morgan fingerprint density at radius 3 is 2.22 bits per heavy atom. The number of hydrogen-bond donors (Lipinski definition) is 1. The van der Waals surface area contributed by atoms with Crippen LogP contribution in [0, 0.1) is 0 Å². The monoisotopic (exact) mass is 288 g/mol. The maximum absolute atomic E-state index is 12.5. The van der Waals surface area contributed by atoms with E-state index in [0.29, 0.717) is 5.69 Å². The third-order valence-corrected chi connectivity index (χ3v) is 2.16. The highest BCUT2D eigenvalue weighted by atomic mass is 32.1. The van der Waals surface area contributed by atoms with Gasteiger partial charge in [-0.05, 0) is 6.92 Å². The minimum absolute atomic E-state index is 0.233. The second-order valence-electron chi connectivity index (χ2n) is 3.45. The molecule has 0 aliphatic heterocycles. The number of aromatic nitrogens is 2. The molecule has 0 amide bonds. The van der Waals surface area contributed by atoms with E-state index in [1.807, 2.05) is 0 Å². The molecule has 0 fully saturated rings. The van der Waals surface area contributed by atoms with Crippen LogP contribution in [0.2, 0.25) is 0 Å². The fourth-order valence-corrected chi connectivity index (χ4v) is 0.996. The molecule has 0 spiro atoms. The quantitative estimate of drug-likeness (QED) is 0.683. The number of hydrogen-bond acceptors (Lipinski definition) is 4. The van der Waals surface area contributed by atoms with E-state index in [1.54, 1.807) is 6.92 Å². The van der Waals surface area contributed by atoms with Crippen molar-refractivity contribution in [3.8, 4) is 5.88 Å². The van der Waals surface area contributed by atoms with Gasteiger partial charge in [0.1, 0.15) is 0 Å². The second-order valence-corrected chi connectivity index (χ2v) is 4.22. The van der Waals surface area contributed by atoms with E-state index >= 15 is 0 Å². The minimum Gasteiger partial charge on any atom is -0.470 e. The van der Waals surface area contributed by atoms with Crippen molar-refractivity contribution in [3.63, 3.8) is 0 Å². The van der Waals surface area contributed by atoms with E-state index in [1.165, 1.54) is 6.20 Å². The van der Waals surface area contributed by atoms with E-state index in [-0.39, 0.29) is 5.25 Å². The fraction of sp³-hybridized carbons (Fsp3) is 0.556. The molecule has 0 aliphatic rings. The predicted octanol–water partition coefficient (Wildman–Crippen LogP) is 3.04. The topological polar surface area (TPSA) is 35.0 Å². The summed E-state index contributed by atoms with van der Waals surface area (Å²) in [6, 6.07) is 0. The van der Waals surface area contributed by atoms with Gasteiger partial charge in [0.15, 0.2) is 6.61 Å². The third kappa shape index (κ3) is 3.69. The van der Waals surface area contributed by atoms with Crippen LogP contribution in [0.1, 0.15) is 17.9 Å². The van der Waals surface area contributed by atoms with Crippen LogP contribution in [0.15, 0.2) is 12.4 Å². The molecule has 0 N–H and O–H groups in total. The van der Waals surface area contributed by atoms with Gasteiger partial charge in [0.25, 0.3) is 0 Å². The maximum Gasteiger partial charge on any atom is 0.456 e. The number of rotatable bonds is 4. The van der Waals surface area contributed by atoms with Crippen molar-refractivity contribution in [3.05, 3.63) is 18.1 Å². The first-order valence-electron chi connectivity index (χ1n) is 4.71. The van der Waals surface area contributed by atoms with Crippen molar-refractivity contribution in [2.45, 2.75) is 24.3 Å². The number of alkyl halides is 5. The van der Waals surface area contributed by atoms with Crippen LogP contribution in [0.25, 0.3) is 0 Å². The van der Waals surface area contributed by atoms with Gasteiger partial charge in [-0.1, -0.05) is 0 Å². The van der Waals surface area contributed by atoms with E-state index < -0.39 is 24.6 Å². The summed E-state index contributed by atoms with van der Waals surface area (Å²) >= 11 is 4.05. The average molecular weight is 288 g/mol. The molecule has 18 heavy (non-hydrogen) atoms. The van der Waals surface area contributed by atoms with Crippen molar-refractivity contribution in [2.75, 3.05) is 6.61 Å². The highest BCUT2D eigenvalue weighted by molar-refractivity contribution is 7.80. The lowest BCUT2D eigenvalue weighted by Crippen LogP contribution is -2.41. The molecule has 0 saturated heterocycles. The predicted molar refractivity (Wildman–Crippen MR) is 55.9 cm³/mol. The molecular weight excluding hydrogens is 279 g/mol. The zero-order valence-corrected chi connectivity index (χ0v) is 9.97. The van der Waals surface area contributed by atoms with Crippen LogP contribution in [-0.4, -0.2) is 28.7 Å². The van der Waals surface area contributed by atoms with Crippen molar-refractivity contribution >= 4 is 12.6 Å². The van der Waals surface area contributed by atoms with Gasteiger partial charge in [-0.2, -0.15) is 34.6 Å². The Hall–Kier alpha value is -1.12. The molecule has 0 aliphatic carbocycles. The fourth-order valence-electron chi connectivity index (χ4n) is 0.863. The summed E-state index contributed by atoms with van der Waals surface area (Å²) in [5, 5.41) is -0.233. The van der Waals surface area contributed by atoms with Crippen LogP contribution >= 0.6 is 12.6 Å². The molecule has 9 heteroatoms. The van der Waals surface area contributed by atoms with Gasteiger partial charge in [0.2, 0.25) is 5.88 Å². The van der Waals surface area contributed by atoms with Crippen LogP contribution in [0.5, 0.6) is 5.88 Å². The van der Waals surface area contributed by atoms with Crippen molar-refractivity contribution in [1.82, 2.24) is 9.97 Å². The molecule has 0 saturated carbocycles. The molecule has 1 aromatic heterocycles. The van der Waals surface area contributed by atoms with E-state index in [9.17, 15) is 22.0 Å². The van der Waals surface area contributed by atoms with E-state index in [2.05, 4.69) is 27.3 Å². The third-order valence-electron chi connectivity index (χ3n) is 1.89. The molecule has 102 valence electrons. The van der Waals surface area contributed by atoms with Gasteiger partial charge in [0.05, 0.1) is 18.1 Å². The maximum atomic E-state index is 12.5. The molecule has 0 aromatic carbocycles. The largest absolute Gasteiger partial charge is 0.470 e. The minimum atomic E-state index is -5.65. The SMILES string of the molecule is CC(S)c1cnc(OCC(F)(F)C(F)(F)F)cn1. The summed E-state index contributed by atoms with van der Waals surface area (Å²) in [4.78, 5) is 7.30. The normalized spacial score (nSPS) is 14.4. The Labute approximate surface area is 105 Å². The van der Waals surface area contributed by atoms with Crippen molar-refractivity contribution < 1.29 is 26.7 Å². The Morgan fingerprint density at radius 2 is 1.83 bits per heavy atom. The molecule has 1 rings (SSSR count). The Morgan fingerprint density at radius 1 is 1.22 bits per heavy atom. The Bertz CT molecular complexity index is 393. The number of nitrogens with zero attached hydrogens (tertiary/aromatic N) is 2. The second kappa shape index (κ2) is 5.25. The van der Waals surface area contributed by atoms with Gasteiger partial charge >= 0.3 is 12.1 Å². The summed E-state index contributed by atoms with van der Waals surface area (Å²) in [5.41, 5.74) is 0.452. The van der Waals surface area contributed by atoms with Gasteiger partial charge in [-0.15, -0.1) is 0 Å². The average Bonchev–Trinajstić information content (AvgIpc) is 2.25. The molecule has 1 aromatic rings. The highest BCUT2D eigenvalue weighted by Gasteiger charge is 2.58. The molecule has 1 unspecified atom stereocenters. The van der Waals surface area contributed by atoms with Crippen LogP contribution in [0.4, 0.5) is 22.0 Å². The zero-order valence-electron chi connectivity index (χ0n) is 9.08. The summed E-state index contributed by atoms with van der Waals surface area (Å²) in [5.74, 6) is -5.33. The van der Waals surface area contributed by atoms with Gasteiger partial charge in [-0.25, -0.2) is 4.98 Å². The van der Waals surface area contributed by atoms with Crippen LogP contribution in [-0.2, 0) is 0 Å². The number of ether oxygens (including phenoxy) is 1. The first-order chi connectivity index (χ1) is 8.13. The first-order valence-corrected chi connectivity index (χ1v) is 5.22. The molecule has 1 atom stereocenters. The lowest BCUT2D eigenvalue weighted by Gasteiger charge is -2.19. The first kappa shape index (κ1) is 14.9. The van der Waals surface area contributed by atoms with Crippen LogP contribution < -0.4 is 4.74 Å². The molecule has 0 bridgehead atoms. The van der Waals surface area contributed by atoms with E-state index in [4.69, 9.17) is 0 Å². The van der Waals surface area contributed by atoms with Gasteiger partial charge in [-0.3, -0.25) is 4.98 Å². The lowest BCUT2D eigenvalue weighted by atomic mass is 10.3. The molecule has 1 heterocycles. The van der Waals surface area contributed by atoms with Gasteiger partial charge < -0.3 is 4.74 Å². The van der Waals surface area contributed by atoms with Crippen LogP contribution in [0.3, 0.4) is 0 Å². The van der Waals surface area contributed by atoms with Crippen molar-refractivity contribution in [2.24, 2.45) is 0 Å². The number of thiol groups is 1. The molecular formula is C9H9F5N2OS. The smallest absolute Gasteiger partial charge is 0.456 e. The number of halogens is 5. The summed E-state index contributed by atoms with van der Waals surface area (Å²) in [7, 11) is 0. The summed E-state index contributed by atoms with van der Waals surface area (Å²) in [6.07, 6.45) is -3.49. The summed E-state index contributed by atoms with van der Waals surface area (Å²) in [6.45, 7) is -0.133. The Kier molecular flexibility index (Phi) is 4.36. The molecule has 3 nitrogen and oxygen atoms in total. The zero-order chi connectivity index (χ0) is 14.0.